The first kappa shape index (κ1) is 60.4. The number of aliphatic carboxylic acids is 3. The van der Waals surface area contributed by atoms with E-state index in [4.69, 9.17) is 5.73 Å². The molecule has 0 fully saturated rings. The van der Waals surface area contributed by atoms with Gasteiger partial charge in [0, 0.05) is 12.8 Å². The van der Waals surface area contributed by atoms with Crippen molar-refractivity contribution in [3.05, 3.63) is 29.8 Å². The highest BCUT2D eigenvalue weighted by molar-refractivity contribution is 7.98. The van der Waals surface area contributed by atoms with E-state index >= 15 is 0 Å². The number of aliphatic hydroxyl groups is 3. The van der Waals surface area contributed by atoms with Gasteiger partial charge in [-0.2, -0.15) is 11.8 Å². The zero-order valence-corrected chi connectivity index (χ0v) is 39.1. The topological polar surface area (TPSA) is 452 Å². The maximum atomic E-state index is 13.5. The van der Waals surface area contributed by atoms with Gasteiger partial charge in [-0.1, -0.05) is 32.4 Å². The third-order valence-electron chi connectivity index (χ3n) is 10.2. The van der Waals surface area contributed by atoms with Crippen LogP contribution in [-0.2, 0) is 59.2 Å². The molecule has 17 N–H and O–H groups in total. The molecule has 0 saturated carbocycles. The van der Waals surface area contributed by atoms with E-state index < -0.39 is 165 Å². The molecular formula is C41H63N9O18S. The zero-order valence-electron chi connectivity index (χ0n) is 38.3. The second-order valence-electron chi connectivity index (χ2n) is 15.7. The van der Waals surface area contributed by atoms with Crippen molar-refractivity contribution in [2.45, 2.75) is 114 Å². The first-order chi connectivity index (χ1) is 32.4. The van der Waals surface area contributed by atoms with Gasteiger partial charge >= 0.3 is 17.9 Å². The molecule has 0 aromatic heterocycles. The molecule has 1 rings (SSSR count). The van der Waals surface area contributed by atoms with Gasteiger partial charge in [-0.25, -0.2) is 4.79 Å². The van der Waals surface area contributed by atoms with E-state index in [1.165, 1.54) is 49.9 Å². The molecule has 69 heavy (non-hydrogen) atoms. The van der Waals surface area contributed by atoms with Gasteiger partial charge in [0.1, 0.15) is 54.1 Å². The maximum absolute atomic E-state index is 13.5. The van der Waals surface area contributed by atoms with Gasteiger partial charge in [0.15, 0.2) is 0 Å². The lowest BCUT2D eigenvalue weighted by atomic mass is 9.96. The Kier molecular flexibility index (Phi) is 26.9. The highest BCUT2D eigenvalue weighted by Crippen LogP contribution is 2.14. The molecule has 1 aromatic rings. The molecule has 1 aromatic carbocycles. The summed E-state index contributed by atoms with van der Waals surface area (Å²) in [7, 11) is 0. The average molecular weight is 1000 g/mol. The number of carboxylic acids is 3. The molecule has 386 valence electrons. The molecular weight excluding hydrogens is 939 g/mol. The quantitative estimate of drug-likeness (QED) is 0.0320. The molecule has 8 amide bonds. The Hall–Kier alpha value is -6.62. The fourth-order valence-electron chi connectivity index (χ4n) is 5.94. The molecule has 10 atom stereocenters. The smallest absolute Gasteiger partial charge is 0.326 e. The summed E-state index contributed by atoms with van der Waals surface area (Å²) in [5.41, 5.74) is 5.95. The standard InChI is InChI=1S/C41H63N9O18S/c1-5-19(2)33(40(66)47-26(41(67)68)14-21-6-8-22(54)9-7-21)50-36(62)25(15-31(58)59)46-37(63)27(17-51)49-38(64)28(18-52)48-35(61)24(12-13-69-4)45-34(60)23(10-11-30(56)57)44-29(55)16-43-39(65)32(42)20(3)53/h6-9,19-20,23-28,32-33,51-54H,5,10-18,42H2,1-4H3,(H,43,65)(H,44,55)(H,45,60)(H,46,63)(H,47,66)(H,48,61)(H,49,64)(H,50,62)(H,56,57)(H,58,59)(H,67,68)/t19-,20+,23-,24-,25-,26-,27-,28-,32-,33-/m0/s1. The normalized spacial score (nSPS) is 15.3. The van der Waals surface area contributed by atoms with Crippen molar-refractivity contribution in [1.29, 1.82) is 0 Å². The van der Waals surface area contributed by atoms with Gasteiger partial charge in [0.2, 0.25) is 47.3 Å². The molecule has 0 unspecified atom stereocenters. The highest BCUT2D eigenvalue weighted by Gasteiger charge is 2.36. The molecule has 0 aliphatic rings. The summed E-state index contributed by atoms with van der Waals surface area (Å²) >= 11 is 1.23. The highest BCUT2D eigenvalue weighted by atomic mass is 32.2. The molecule has 28 heteroatoms. The first-order valence-electron chi connectivity index (χ1n) is 21.4. The van der Waals surface area contributed by atoms with E-state index in [1.807, 2.05) is 0 Å². The summed E-state index contributed by atoms with van der Waals surface area (Å²) < 4.78 is 0. The minimum atomic E-state index is -1.96. The molecule has 27 nitrogen and oxygen atoms in total. The summed E-state index contributed by atoms with van der Waals surface area (Å²) in [6, 6.07) is -7.78. The van der Waals surface area contributed by atoms with Gasteiger partial charge in [-0.05, 0) is 55.4 Å². The largest absolute Gasteiger partial charge is 0.508 e. The summed E-state index contributed by atoms with van der Waals surface area (Å²) in [5.74, 6) is -13.8. The minimum absolute atomic E-state index is 0.0849. The number of hydrogen-bond acceptors (Lipinski definition) is 17. The summed E-state index contributed by atoms with van der Waals surface area (Å²) in [6.07, 6.45) is -1.94. The number of nitrogens with one attached hydrogen (secondary N) is 8. The Morgan fingerprint density at radius 3 is 1.57 bits per heavy atom. The van der Waals surface area contributed by atoms with Crippen LogP contribution in [0.1, 0.15) is 58.4 Å². The Balaban J connectivity index is 3.19. The van der Waals surface area contributed by atoms with Crippen LogP contribution in [0.2, 0.25) is 0 Å². The number of thioether (sulfide) groups is 1. The van der Waals surface area contributed by atoms with Crippen molar-refractivity contribution in [3.63, 3.8) is 0 Å². The number of phenols is 1. The number of phenolic OH excluding ortho intramolecular Hbond substituents is 1. The van der Waals surface area contributed by atoms with Crippen molar-refractivity contribution in [3.8, 4) is 5.75 Å². The average Bonchev–Trinajstić information content (AvgIpc) is 3.29. The van der Waals surface area contributed by atoms with E-state index in [0.29, 0.717) is 5.56 Å². The van der Waals surface area contributed by atoms with Crippen LogP contribution in [0.15, 0.2) is 24.3 Å². The fraction of sp³-hybridized carbons (Fsp3) is 0.585. The van der Waals surface area contributed by atoms with Crippen molar-refractivity contribution < 1.29 is 88.5 Å². The predicted molar refractivity (Wildman–Crippen MR) is 241 cm³/mol. The predicted octanol–water partition coefficient (Wildman–Crippen LogP) is -5.64. The van der Waals surface area contributed by atoms with Gasteiger partial charge in [-0.3, -0.25) is 47.9 Å². The minimum Gasteiger partial charge on any atom is -0.508 e. The van der Waals surface area contributed by atoms with E-state index in [0.717, 1.165) is 0 Å². The fourth-order valence-corrected chi connectivity index (χ4v) is 6.41. The first-order valence-corrected chi connectivity index (χ1v) is 22.8. The number of hydrogen-bond donors (Lipinski definition) is 16. The summed E-state index contributed by atoms with van der Waals surface area (Å²) in [4.78, 5) is 140. The molecule has 0 aliphatic carbocycles. The van der Waals surface area contributed by atoms with Gasteiger partial charge in [0.05, 0.1) is 32.3 Å². The molecule has 0 spiro atoms. The van der Waals surface area contributed by atoms with Gasteiger partial charge in [0.25, 0.3) is 0 Å². The lowest BCUT2D eigenvalue weighted by Crippen LogP contribution is -2.61. The van der Waals surface area contributed by atoms with Crippen LogP contribution in [0.25, 0.3) is 0 Å². The number of rotatable bonds is 32. The van der Waals surface area contributed by atoms with Crippen molar-refractivity contribution in [2.24, 2.45) is 11.7 Å². The van der Waals surface area contributed by atoms with Crippen LogP contribution in [0, 0.1) is 5.92 Å². The molecule has 0 heterocycles. The van der Waals surface area contributed by atoms with Crippen LogP contribution in [0.5, 0.6) is 5.75 Å². The number of carbonyl (C=O) groups excluding carboxylic acids is 8. The third kappa shape index (κ3) is 21.9. The van der Waals surface area contributed by atoms with Gasteiger partial charge in [-0.15, -0.1) is 0 Å². The molecule has 0 aliphatic heterocycles. The number of amides is 8. The number of nitrogens with two attached hydrogens (primary N) is 1. The number of benzene rings is 1. The number of aliphatic hydroxyl groups excluding tert-OH is 3. The lowest BCUT2D eigenvalue weighted by Gasteiger charge is -2.28. The second-order valence-corrected chi connectivity index (χ2v) is 16.7. The van der Waals surface area contributed by atoms with E-state index in [2.05, 4.69) is 42.5 Å². The Morgan fingerprint density at radius 1 is 0.623 bits per heavy atom. The van der Waals surface area contributed by atoms with Crippen molar-refractivity contribution >= 4 is 76.9 Å². The second kappa shape index (κ2) is 30.7. The zero-order chi connectivity index (χ0) is 52.5. The van der Waals surface area contributed by atoms with Crippen molar-refractivity contribution in [2.75, 3.05) is 31.8 Å². The lowest BCUT2D eigenvalue weighted by molar-refractivity contribution is -0.143. The van der Waals surface area contributed by atoms with Crippen molar-refractivity contribution in [1.82, 2.24) is 42.5 Å². The van der Waals surface area contributed by atoms with Crippen LogP contribution in [0.3, 0.4) is 0 Å². The number of aromatic hydroxyl groups is 1. The van der Waals surface area contributed by atoms with Crippen LogP contribution in [0.4, 0.5) is 0 Å². The Labute approximate surface area is 399 Å². The van der Waals surface area contributed by atoms with E-state index in [9.17, 15) is 88.5 Å². The Bertz CT molecular complexity index is 1960. The van der Waals surface area contributed by atoms with Crippen LogP contribution >= 0.6 is 11.8 Å². The van der Waals surface area contributed by atoms with Crippen LogP contribution < -0.4 is 48.3 Å². The molecule has 0 saturated heterocycles. The summed E-state index contributed by atoms with van der Waals surface area (Å²) in [5, 5.41) is 85.5. The number of carboxylic acid groups (broad SMARTS) is 3. The molecule has 0 radical (unpaired) electrons. The third-order valence-corrected chi connectivity index (χ3v) is 10.9. The Morgan fingerprint density at radius 2 is 1.10 bits per heavy atom. The van der Waals surface area contributed by atoms with Gasteiger partial charge < -0.3 is 84.0 Å². The monoisotopic (exact) mass is 1000 g/mol. The number of carbonyl (C=O) groups is 11. The molecule has 0 bridgehead atoms. The van der Waals surface area contributed by atoms with Crippen LogP contribution in [-0.4, -0.2) is 187 Å². The van der Waals surface area contributed by atoms with E-state index in [-0.39, 0.29) is 30.8 Å². The summed E-state index contributed by atoms with van der Waals surface area (Å²) in [6.45, 7) is 1.34. The SMILES string of the molecule is CC[C@H](C)[C@H](NC(=O)[C@H](CC(=O)O)NC(=O)[C@H](CO)NC(=O)[C@H](CO)NC(=O)[C@H](CCSC)NC(=O)[C@H](CCC(=O)O)NC(=O)CNC(=O)[C@@H](N)[C@@H](C)O)C(=O)N[C@@H](Cc1ccc(O)cc1)C(=O)O. The maximum Gasteiger partial charge on any atom is 0.326 e. The van der Waals surface area contributed by atoms with E-state index in [1.54, 1.807) is 13.2 Å².